The summed E-state index contributed by atoms with van der Waals surface area (Å²) in [5.41, 5.74) is 5.08. The maximum absolute atomic E-state index is 6.25. The van der Waals surface area contributed by atoms with Crippen LogP contribution in [-0.4, -0.2) is 20.1 Å². The molecule has 0 saturated heterocycles. The number of hydrogen-bond donors (Lipinski definition) is 2. The molecule has 0 atom stereocenters. The number of nitrogens with two attached hydrogens (primary N) is 1. The van der Waals surface area contributed by atoms with Crippen molar-refractivity contribution in [3.8, 4) is 0 Å². The average molecular weight is 260 g/mol. The molecule has 3 N–H and O–H groups in total. The van der Waals surface area contributed by atoms with E-state index in [0.717, 1.165) is 13.1 Å². The second-order valence-electron chi connectivity index (χ2n) is 0.892. The predicted molar refractivity (Wildman–Crippen MR) is 47.8 cm³/mol. The van der Waals surface area contributed by atoms with Crippen molar-refractivity contribution in [1.29, 1.82) is 26.3 Å². The van der Waals surface area contributed by atoms with Gasteiger partial charge in [0.2, 0.25) is 0 Å². The van der Waals surface area contributed by atoms with E-state index in [1.165, 1.54) is 0 Å². The smallest absolute Gasteiger partial charge is 0.512 e. The summed E-state index contributed by atoms with van der Waals surface area (Å²) in [6.07, 6.45) is 0. The van der Waals surface area contributed by atoms with E-state index in [-0.39, 0.29) is 17.1 Å². The van der Waals surface area contributed by atoms with Crippen molar-refractivity contribution in [3.63, 3.8) is 0 Å². The van der Waals surface area contributed by atoms with Crippen LogP contribution in [0.15, 0.2) is 0 Å². The molecule has 0 aromatic carbocycles. The molecule has 16 heavy (non-hydrogen) atoms. The van der Waals surface area contributed by atoms with Crippen LogP contribution in [0, 0.1) is 59.2 Å². The van der Waals surface area contributed by atoms with Crippen molar-refractivity contribution >= 4 is 0 Å². The van der Waals surface area contributed by atoms with Crippen molar-refractivity contribution < 1.29 is 17.1 Å². The molecular formula is C8H10FeN7. The molecule has 0 amide bonds. The Bertz CT molecular complexity index is 110. The van der Waals surface area contributed by atoms with Crippen LogP contribution in [0.2, 0.25) is 0 Å². The third-order valence-corrected chi connectivity index (χ3v) is 0.394. The summed E-state index contributed by atoms with van der Waals surface area (Å²) in [6, 6.07) is 0. The number of likely N-dealkylation sites (N-methyl/N-ethyl adjacent to an activating group) is 1. The molecule has 0 spiro atoms. The zero-order chi connectivity index (χ0) is 14.1. The zero-order valence-electron chi connectivity index (χ0n) is 8.58. The van der Waals surface area contributed by atoms with Gasteiger partial charge < -0.3 is 70.2 Å². The first-order valence-corrected chi connectivity index (χ1v) is 2.88. The molecule has 0 aliphatic heterocycles. The monoisotopic (exact) mass is 260 g/mol. The Morgan fingerprint density at radius 3 is 1.00 bits per heavy atom. The molecule has 0 aliphatic carbocycles. The molecule has 0 aliphatic rings. The largest absolute Gasteiger partial charge is 5.00 e. The van der Waals surface area contributed by atoms with Gasteiger partial charge in [0.05, 0.1) is 0 Å². The molecule has 0 saturated carbocycles. The minimum atomic E-state index is 0. The summed E-state index contributed by atoms with van der Waals surface area (Å²) >= 11 is 0. The van der Waals surface area contributed by atoms with Crippen LogP contribution >= 0.6 is 0 Å². The summed E-state index contributed by atoms with van der Waals surface area (Å²) in [5, 5.41) is 34.1. The van der Waals surface area contributed by atoms with Crippen LogP contribution in [0.3, 0.4) is 0 Å². The van der Waals surface area contributed by atoms with Crippen LogP contribution in [0.4, 0.5) is 0 Å². The molecule has 0 fully saturated rings. The summed E-state index contributed by atoms with van der Waals surface area (Å²) in [7, 11) is 1.88. The van der Waals surface area contributed by atoms with Gasteiger partial charge >= 0.3 is 17.1 Å². The first kappa shape index (κ1) is 48.6. The van der Waals surface area contributed by atoms with Crippen molar-refractivity contribution in [2.45, 2.75) is 0 Å². The molecule has 0 rings (SSSR count). The van der Waals surface area contributed by atoms with Crippen molar-refractivity contribution in [2.24, 2.45) is 5.73 Å². The fourth-order valence-corrected chi connectivity index (χ4v) is 0.144. The molecular weight excluding hydrogens is 250 g/mol. The van der Waals surface area contributed by atoms with E-state index >= 15 is 0 Å². The molecule has 0 unspecified atom stereocenters. The number of rotatable bonds is 2. The minimum Gasteiger partial charge on any atom is -0.512 e. The van der Waals surface area contributed by atoms with Gasteiger partial charge in [-0.1, -0.05) is 0 Å². The SMILES string of the molecule is CNCCN.[C-]#N.[C-]#N.[C-]#N.[C-]#N.[C-]#N.[Fe+5]. The van der Waals surface area contributed by atoms with E-state index in [2.05, 4.69) is 5.32 Å². The van der Waals surface area contributed by atoms with Crippen LogP contribution < -0.4 is 11.1 Å². The van der Waals surface area contributed by atoms with Gasteiger partial charge in [-0.3, -0.25) is 0 Å². The number of nitrogens with one attached hydrogen (secondary N) is 1. The summed E-state index contributed by atoms with van der Waals surface area (Å²) < 4.78 is 0. The van der Waals surface area contributed by atoms with Gasteiger partial charge in [-0.05, 0) is 7.05 Å². The minimum absolute atomic E-state index is 0. The standard InChI is InChI=1S/C3H10N2.5CN.Fe/c1-5-3-2-4;5*1-2;/h5H,2-4H2,1H3;;;;;;/q;5*-1;+5. The number of nitrogens with zero attached hydrogens (tertiary/aromatic N) is 5. The number of hydrogen-bond acceptors (Lipinski definition) is 7. The summed E-state index contributed by atoms with van der Waals surface area (Å²) in [5.74, 6) is 0. The topological polar surface area (TPSA) is 157 Å². The normalized spacial score (nSPS) is 3.25. The van der Waals surface area contributed by atoms with Crippen molar-refractivity contribution in [2.75, 3.05) is 20.1 Å². The van der Waals surface area contributed by atoms with Gasteiger partial charge in [0.15, 0.2) is 0 Å². The van der Waals surface area contributed by atoms with Crippen LogP contribution in [0.25, 0.3) is 0 Å². The van der Waals surface area contributed by atoms with Crippen LogP contribution in [0.5, 0.6) is 0 Å². The second-order valence-corrected chi connectivity index (χ2v) is 0.892. The first-order valence-electron chi connectivity index (χ1n) is 2.88. The second kappa shape index (κ2) is 2300. The van der Waals surface area contributed by atoms with Gasteiger partial charge in [-0.15, -0.1) is 0 Å². The fourth-order valence-electron chi connectivity index (χ4n) is 0.144. The molecule has 0 bridgehead atoms. The Kier molecular flexibility index (Phi) is 7000. The molecule has 85 valence electrons. The molecule has 0 aromatic heterocycles. The Balaban J connectivity index is -0.0000000130. The predicted octanol–water partition coefficient (Wildman–Crippen LogP) is -0.356. The molecule has 8 heteroatoms. The maximum atomic E-state index is 6.25. The van der Waals surface area contributed by atoms with Crippen molar-refractivity contribution in [1.82, 2.24) is 5.32 Å². The zero-order valence-corrected chi connectivity index (χ0v) is 9.69. The van der Waals surface area contributed by atoms with Crippen LogP contribution in [0.1, 0.15) is 0 Å². The van der Waals surface area contributed by atoms with Gasteiger partial charge in [0.1, 0.15) is 0 Å². The molecule has 0 aromatic rings. The van der Waals surface area contributed by atoms with Crippen LogP contribution in [-0.2, 0) is 17.1 Å². The van der Waals surface area contributed by atoms with E-state index in [1.54, 1.807) is 0 Å². The molecule has 1 radical (unpaired) electrons. The Hall–Kier alpha value is -2.11. The molecule has 0 heterocycles. The summed E-state index contributed by atoms with van der Waals surface area (Å²) in [4.78, 5) is 0. The Morgan fingerprint density at radius 1 is 0.812 bits per heavy atom. The fraction of sp³-hybridized carbons (Fsp3) is 0.375. The van der Waals surface area contributed by atoms with Gasteiger partial charge in [0.25, 0.3) is 0 Å². The van der Waals surface area contributed by atoms with Gasteiger partial charge in [-0.2, -0.15) is 0 Å². The van der Waals surface area contributed by atoms with E-state index in [4.69, 9.17) is 64.9 Å². The maximum Gasteiger partial charge on any atom is 5.00 e. The van der Waals surface area contributed by atoms with E-state index in [9.17, 15) is 0 Å². The summed E-state index contributed by atoms with van der Waals surface area (Å²) in [6.45, 7) is 25.4. The third-order valence-electron chi connectivity index (χ3n) is 0.394. The van der Waals surface area contributed by atoms with Gasteiger partial charge in [-0.25, -0.2) is 0 Å². The average Bonchev–Trinajstić information content (AvgIpc) is 2.42. The third kappa shape index (κ3) is 115000. The Morgan fingerprint density at radius 2 is 1.00 bits per heavy atom. The van der Waals surface area contributed by atoms with E-state index < -0.39 is 0 Å². The Labute approximate surface area is 108 Å². The molecule has 7 nitrogen and oxygen atoms in total. The van der Waals surface area contributed by atoms with E-state index in [0.29, 0.717) is 0 Å². The first-order chi connectivity index (χ1) is 7.41. The van der Waals surface area contributed by atoms with Crippen molar-refractivity contribution in [3.05, 3.63) is 32.9 Å². The van der Waals surface area contributed by atoms with E-state index in [1.807, 2.05) is 7.05 Å². The van der Waals surface area contributed by atoms with Gasteiger partial charge in [0, 0.05) is 13.1 Å². The quantitative estimate of drug-likeness (QED) is 0.506.